The van der Waals surface area contributed by atoms with Gasteiger partial charge in [-0.25, -0.2) is 0 Å². The fraction of sp³-hybridized carbons (Fsp3) is 0.278. The van der Waals surface area contributed by atoms with Gasteiger partial charge in [0.05, 0.1) is 17.3 Å². The number of nitrogens with zero attached hydrogens (tertiary/aromatic N) is 1. The summed E-state index contributed by atoms with van der Waals surface area (Å²) in [7, 11) is 0. The third-order valence-electron chi connectivity index (χ3n) is 3.52. The van der Waals surface area contributed by atoms with Crippen molar-refractivity contribution < 1.29 is 4.79 Å². The summed E-state index contributed by atoms with van der Waals surface area (Å²) in [5.74, 6) is -0.0837. The number of nitrogens with two attached hydrogens (primary N) is 1. The van der Waals surface area contributed by atoms with E-state index in [2.05, 4.69) is 22.3 Å². The highest BCUT2D eigenvalue weighted by Gasteiger charge is 2.11. The van der Waals surface area contributed by atoms with Crippen molar-refractivity contribution in [2.75, 3.05) is 31.5 Å². The van der Waals surface area contributed by atoms with Gasteiger partial charge in [-0.05, 0) is 24.1 Å². The fourth-order valence-electron chi connectivity index (χ4n) is 2.34. The van der Waals surface area contributed by atoms with Gasteiger partial charge in [0.2, 0.25) is 5.91 Å². The number of carbonyl (C=O) groups is 1. The number of hydrogen-bond acceptors (Lipinski definition) is 3. The molecule has 2 aromatic rings. The van der Waals surface area contributed by atoms with Gasteiger partial charge in [0, 0.05) is 19.6 Å². The van der Waals surface area contributed by atoms with E-state index in [0.717, 1.165) is 13.0 Å². The number of amides is 1. The molecule has 0 saturated heterocycles. The number of anilines is 1. The van der Waals surface area contributed by atoms with Gasteiger partial charge in [-0.2, -0.15) is 0 Å². The van der Waals surface area contributed by atoms with Gasteiger partial charge in [-0.1, -0.05) is 54.1 Å². The van der Waals surface area contributed by atoms with Crippen molar-refractivity contribution in [1.82, 2.24) is 4.90 Å². The van der Waals surface area contributed by atoms with Crippen LogP contribution in [0.1, 0.15) is 5.56 Å². The SMILES string of the molecule is NCCN(CCc1ccccc1)CC(=O)Nc1ccccc1Cl. The molecule has 0 aliphatic rings. The molecule has 0 aliphatic heterocycles. The lowest BCUT2D eigenvalue weighted by molar-refractivity contribution is -0.117. The molecule has 0 fully saturated rings. The maximum absolute atomic E-state index is 12.2. The summed E-state index contributed by atoms with van der Waals surface area (Å²) in [5, 5.41) is 3.38. The lowest BCUT2D eigenvalue weighted by Crippen LogP contribution is -2.38. The molecular weight excluding hydrogens is 310 g/mol. The first-order valence-electron chi connectivity index (χ1n) is 7.70. The minimum atomic E-state index is -0.0837. The Labute approximate surface area is 142 Å². The molecule has 1 amide bonds. The van der Waals surface area contributed by atoms with E-state index in [9.17, 15) is 4.79 Å². The van der Waals surface area contributed by atoms with Crippen molar-refractivity contribution in [2.45, 2.75) is 6.42 Å². The number of benzene rings is 2. The van der Waals surface area contributed by atoms with Crippen LogP contribution in [0.5, 0.6) is 0 Å². The molecule has 3 N–H and O–H groups in total. The zero-order chi connectivity index (χ0) is 16.5. The minimum Gasteiger partial charge on any atom is -0.329 e. The van der Waals surface area contributed by atoms with Crippen molar-refractivity contribution >= 4 is 23.2 Å². The van der Waals surface area contributed by atoms with E-state index < -0.39 is 0 Å². The molecule has 4 nitrogen and oxygen atoms in total. The molecule has 0 saturated carbocycles. The van der Waals surface area contributed by atoms with Crippen LogP contribution in [-0.4, -0.2) is 37.0 Å². The average Bonchev–Trinajstić information content (AvgIpc) is 2.56. The Hall–Kier alpha value is -1.88. The lowest BCUT2D eigenvalue weighted by Gasteiger charge is -2.21. The minimum absolute atomic E-state index is 0.0837. The first-order valence-corrected chi connectivity index (χ1v) is 8.07. The van der Waals surface area contributed by atoms with Gasteiger partial charge in [-0.3, -0.25) is 9.69 Å². The predicted octanol–water partition coefficient (Wildman–Crippen LogP) is 2.78. The molecule has 0 heterocycles. The molecule has 122 valence electrons. The van der Waals surface area contributed by atoms with Gasteiger partial charge in [-0.15, -0.1) is 0 Å². The van der Waals surface area contributed by atoms with Crippen molar-refractivity contribution in [2.24, 2.45) is 5.73 Å². The van der Waals surface area contributed by atoms with Crippen molar-refractivity contribution in [1.29, 1.82) is 0 Å². The number of nitrogens with one attached hydrogen (secondary N) is 1. The normalized spacial score (nSPS) is 10.7. The number of halogens is 1. The Bertz CT molecular complexity index is 619. The summed E-state index contributed by atoms with van der Waals surface area (Å²) in [6.07, 6.45) is 0.889. The van der Waals surface area contributed by atoms with Crippen molar-refractivity contribution in [3.8, 4) is 0 Å². The molecular formula is C18H22ClN3O. The average molecular weight is 332 g/mol. The third kappa shape index (κ3) is 6.02. The maximum atomic E-state index is 12.2. The summed E-state index contributed by atoms with van der Waals surface area (Å²) in [6, 6.07) is 17.4. The third-order valence-corrected chi connectivity index (χ3v) is 3.85. The number of para-hydroxylation sites is 1. The van der Waals surface area contributed by atoms with E-state index in [0.29, 0.717) is 30.3 Å². The molecule has 2 rings (SSSR count). The van der Waals surface area contributed by atoms with Crippen LogP contribution in [0.2, 0.25) is 5.02 Å². The molecule has 0 bridgehead atoms. The highest BCUT2D eigenvalue weighted by Crippen LogP contribution is 2.20. The molecule has 0 unspecified atom stereocenters. The van der Waals surface area contributed by atoms with Gasteiger partial charge in [0.1, 0.15) is 0 Å². The zero-order valence-electron chi connectivity index (χ0n) is 13.0. The van der Waals surface area contributed by atoms with Crippen LogP contribution in [-0.2, 0) is 11.2 Å². The van der Waals surface area contributed by atoms with E-state index in [1.807, 2.05) is 30.3 Å². The standard InChI is InChI=1S/C18H22ClN3O/c19-16-8-4-5-9-17(16)21-18(23)14-22(13-11-20)12-10-15-6-2-1-3-7-15/h1-9H,10-14,20H2,(H,21,23). The van der Waals surface area contributed by atoms with E-state index in [1.54, 1.807) is 12.1 Å². The van der Waals surface area contributed by atoms with Crippen LogP contribution >= 0.6 is 11.6 Å². The summed E-state index contributed by atoms with van der Waals surface area (Å²) in [5.41, 5.74) is 7.54. The predicted molar refractivity (Wildman–Crippen MR) is 95.7 cm³/mol. The van der Waals surface area contributed by atoms with E-state index >= 15 is 0 Å². The van der Waals surface area contributed by atoms with Gasteiger partial charge in [0.25, 0.3) is 0 Å². The highest BCUT2D eigenvalue weighted by atomic mass is 35.5. The lowest BCUT2D eigenvalue weighted by atomic mass is 10.1. The quantitative estimate of drug-likeness (QED) is 0.782. The van der Waals surface area contributed by atoms with Crippen LogP contribution in [0.4, 0.5) is 5.69 Å². The van der Waals surface area contributed by atoms with Crippen molar-refractivity contribution in [3.05, 3.63) is 65.2 Å². The van der Waals surface area contributed by atoms with E-state index in [1.165, 1.54) is 5.56 Å². The summed E-state index contributed by atoms with van der Waals surface area (Å²) >= 11 is 6.06. The number of carbonyl (C=O) groups excluding carboxylic acids is 1. The Morgan fingerprint density at radius 3 is 2.43 bits per heavy atom. The Morgan fingerprint density at radius 2 is 1.74 bits per heavy atom. The smallest absolute Gasteiger partial charge is 0.238 e. The van der Waals surface area contributed by atoms with Crippen LogP contribution < -0.4 is 11.1 Å². The maximum Gasteiger partial charge on any atom is 0.238 e. The van der Waals surface area contributed by atoms with Crippen LogP contribution in [0, 0.1) is 0 Å². The first-order chi connectivity index (χ1) is 11.2. The van der Waals surface area contributed by atoms with Crippen LogP contribution in [0.25, 0.3) is 0 Å². The molecule has 5 heteroatoms. The summed E-state index contributed by atoms with van der Waals surface area (Å²) in [4.78, 5) is 14.3. The first kappa shape index (κ1) is 17.5. The Balaban J connectivity index is 1.88. The highest BCUT2D eigenvalue weighted by molar-refractivity contribution is 6.33. The molecule has 0 spiro atoms. The monoisotopic (exact) mass is 331 g/mol. The molecule has 2 aromatic carbocycles. The van der Waals surface area contributed by atoms with Gasteiger partial charge < -0.3 is 11.1 Å². The number of rotatable bonds is 8. The molecule has 0 aliphatic carbocycles. The molecule has 0 atom stereocenters. The second-order valence-electron chi connectivity index (χ2n) is 5.33. The van der Waals surface area contributed by atoms with Gasteiger partial charge in [0.15, 0.2) is 0 Å². The van der Waals surface area contributed by atoms with Crippen LogP contribution in [0.3, 0.4) is 0 Å². The Morgan fingerprint density at radius 1 is 1.04 bits per heavy atom. The van der Waals surface area contributed by atoms with Crippen LogP contribution in [0.15, 0.2) is 54.6 Å². The molecule has 0 aromatic heterocycles. The zero-order valence-corrected chi connectivity index (χ0v) is 13.8. The molecule has 23 heavy (non-hydrogen) atoms. The largest absolute Gasteiger partial charge is 0.329 e. The number of hydrogen-bond donors (Lipinski definition) is 2. The second kappa shape index (κ2) is 9.30. The van der Waals surface area contributed by atoms with E-state index in [-0.39, 0.29) is 5.91 Å². The van der Waals surface area contributed by atoms with Crippen molar-refractivity contribution in [3.63, 3.8) is 0 Å². The summed E-state index contributed by atoms with van der Waals surface area (Å²) in [6.45, 7) is 2.29. The van der Waals surface area contributed by atoms with Gasteiger partial charge >= 0.3 is 0 Å². The topological polar surface area (TPSA) is 58.4 Å². The Kier molecular flexibility index (Phi) is 7.07. The second-order valence-corrected chi connectivity index (χ2v) is 5.74. The summed E-state index contributed by atoms with van der Waals surface area (Å²) < 4.78 is 0. The molecule has 0 radical (unpaired) electrons. The fourth-order valence-corrected chi connectivity index (χ4v) is 2.52. The van der Waals surface area contributed by atoms with E-state index in [4.69, 9.17) is 17.3 Å².